The molecule has 4 aromatic rings. The molecule has 42 heavy (non-hydrogen) atoms. The van der Waals surface area contributed by atoms with Crippen LogP contribution in [0.15, 0.2) is 40.1 Å². The van der Waals surface area contributed by atoms with Crippen LogP contribution >= 0.6 is 0 Å². The number of para-hydroxylation sites is 1. The number of anilines is 1. The fraction of sp³-hybridized carbons (Fsp3) is 0.370. The fourth-order valence-corrected chi connectivity index (χ4v) is 4.79. The number of carboxylic acid groups (broad SMARTS) is 1. The maximum Gasteiger partial charge on any atom is 0.490 e. The van der Waals surface area contributed by atoms with Gasteiger partial charge in [-0.05, 0) is 31.9 Å². The van der Waals surface area contributed by atoms with Crippen molar-refractivity contribution in [1.82, 2.24) is 23.7 Å². The van der Waals surface area contributed by atoms with Crippen molar-refractivity contribution in [3.05, 3.63) is 56.9 Å². The number of rotatable bonds is 5. The van der Waals surface area contributed by atoms with Crippen LogP contribution < -0.4 is 21.9 Å². The number of carboxylic acids is 1. The summed E-state index contributed by atoms with van der Waals surface area (Å²) in [6.45, 7) is 2.93. The molecule has 1 fully saturated rings. The van der Waals surface area contributed by atoms with E-state index in [2.05, 4.69) is 21.8 Å². The highest BCUT2D eigenvalue weighted by Gasteiger charge is 2.38. The molecule has 1 aromatic carbocycles. The molecule has 1 unspecified atom stereocenters. The number of benzene rings is 1. The molecule has 5 rings (SSSR count). The first-order chi connectivity index (χ1) is 19.8. The van der Waals surface area contributed by atoms with E-state index in [1.165, 1.54) is 4.57 Å². The Balaban J connectivity index is 0.000000517. The SMILES string of the molecule is CC#CCn1c(N2CCCC(N)C2)nc2c1c(=O)n(CC(=O)c1cccc3cc[nH]c13)c(=O)n2C.O=C(O)C(F)(F)F. The number of aliphatic carboxylic acids is 1. The Morgan fingerprint density at radius 2 is 1.93 bits per heavy atom. The summed E-state index contributed by atoms with van der Waals surface area (Å²) in [5, 5.41) is 8.01. The zero-order chi connectivity index (χ0) is 30.8. The molecule has 1 saturated heterocycles. The normalized spacial score (nSPS) is 15.2. The number of aromatic nitrogens is 5. The zero-order valence-corrected chi connectivity index (χ0v) is 22.7. The third-order valence-electron chi connectivity index (χ3n) is 6.80. The monoisotopic (exact) mass is 587 g/mol. The van der Waals surface area contributed by atoms with Crippen LogP contribution in [0.4, 0.5) is 19.1 Å². The van der Waals surface area contributed by atoms with E-state index in [9.17, 15) is 27.6 Å². The molecular formula is C27H28F3N7O5. The third-order valence-corrected chi connectivity index (χ3v) is 6.80. The van der Waals surface area contributed by atoms with Gasteiger partial charge in [-0.25, -0.2) is 9.59 Å². The number of Topliss-reactive ketones (excluding diaryl/α,β-unsaturated/α-hetero) is 1. The summed E-state index contributed by atoms with van der Waals surface area (Å²) in [5.74, 6) is 3.34. The average molecular weight is 588 g/mol. The Kier molecular flexibility index (Phi) is 8.57. The smallest absolute Gasteiger partial charge is 0.475 e. The molecule has 1 aliphatic heterocycles. The minimum absolute atomic E-state index is 0.00284. The highest BCUT2D eigenvalue weighted by atomic mass is 19.4. The topological polar surface area (TPSA) is 161 Å². The summed E-state index contributed by atoms with van der Waals surface area (Å²) in [6, 6.07) is 7.23. The van der Waals surface area contributed by atoms with Crippen molar-refractivity contribution < 1.29 is 27.9 Å². The molecule has 0 spiro atoms. The van der Waals surface area contributed by atoms with Crippen molar-refractivity contribution in [2.24, 2.45) is 12.8 Å². The number of aromatic amines is 1. The first-order valence-electron chi connectivity index (χ1n) is 12.8. The van der Waals surface area contributed by atoms with E-state index in [-0.39, 0.29) is 36.1 Å². The molecule has 15 heteroatoms. The van der Waals surface area contributed by atoms with Crippen LogP contribution in [0.3, 0.4) is 0 Å². The van der Waals surface area contributed by atoms with Crippen molar-refractivity contribution in [1.29, 1.82) is 0 Å². The first kappa shape index (κ1) is 30.1. The number of nitrogens with one attached hydrogen (secondary N) is 1. The molecule has 0 bridgehead atoms. The number of fused-ring (bicyclic) bond motifs is 2. The lowest BCUT2D eigenvalue weighted by atomic mass is 10.1. The number of nitrogens with zero attached hydrogens (tertiary/aromatic N) is 5. The van der Waals surface area contributed by atoms with Crippen molar-refractivity contribution >= 4 is 39.8 Å². The standard InChI is InChI=1S/C25H27N7O3.C2HF3O2/c1-3-4-13-31-21-22(28-24(31)30-12-6-8-17(26)14-30)29(2)25(35)32(23(21)34)15-19(33)18-9-5-7-16-10-11-27-20(16)18;3-2(4,5)1(6)7/h5,7,9-11,17,27H,6,8,12-15,26H2,1-2H3;(H,6,7). The average Bonchev–Trinajstić information content (AvgIpc) is 3.58. The predicted octanol–water partition coefficient (Wildman–Crippen LogP) is 1.85. The zero-order valence-electron chi connectivity index (χ0n) is 22.7. The number of halogens is 3. The summed E-state index contributed by atoms with van der Waals surface area (Å²) in [5.41, 5.74) is 6.65. The van der Waals surface area contributed by atoms with Crippen LogP contribution in [-0.2, 0) is 24.9 Å². The second kappa shape index (κ2) is 12.0. The van der Waals surface area contributed by atoms with Crippen LogP contribution in [0.2, 0.25) is 0 Å². The lowest BCUT2D eigenvalue weighted by molar-refractivity contribution is -0.192. The van der Waals surface area contributed by atoms with Crippen molar-refractivity contribution in [2.75, 3.05) is 18.0 Å². The van der Waals surface area contributed by atoms with E-state index in [0.29, 0.717) is 23.6 Å². The first-order valence-corrected chi connectivity index (χ1v) is 12.8. The maximum absolute atomic E-state index is 13.7. The second-order valence-corrected chi connectivity index (χ2v) is 9.65. The number of piperidine rings is 1. The Morgan fingerprint density at radius 1 is 1.21 bits per heavy atom. The van der Waals surface area contributed by atoms with E-state index >= 15 is 0 Å². The number of alkyl halides is 3. The summed E-state index contributed by atoms with van der Waals surface area (Å²) in [6.07, 6.45) is -1.50. The molecule has 4 heterocycles. The Hall–Kier alpha value is -4.84. The van der Waals surface area contributed by atoms with Gasteiger partial charge in [0.05, 0.1) is 18.6 Å². The van der Waals surface area contributed by atoms with Gasteiger partial charge < -0.3 is 20.7 Å². The van der Waals surface area contributed by atoms with E-state index in [4.69, 9.17) is 15.6 Å². The van der Waals surface area contributed by atoms with Gasteiger partial charge in [0.15, 0.2) is 16.9 Å². The number of ketones is 1. The van der Waals surface area contributed by atoms with E-state index in [1.807, 2.05) is 17.0 Å². The van der Waals surface area contributed by atoms with Gasteiger partial charge in [-0.1, -0.05) is 18.1 Å². The summed E-state index contributed by atoms with van der Waals surface area (Å²) < 4.78 is 35.8. The fourth-order valence-electron chi connectivity index (χ4n) is 4.79. The van der Waals surface area contributed by atoms with E-state index in [0.717, 1.165) is 29.3 Å². The van der Waals surface area contributed by atoms with E-state index < -0.39 is 23.4 Å². The second-order valence-electron chi connectivity index (χ2n) is 9.65. The van der Waals surface area contributed by atoms with Crippen molar-refractivity contribution in [3.8, 4) is 11.8 Å². The van der Waals surface area contributed by atoms with Crippen molar-refractivity contribution in [2.45, 2.75) is 45.1 Å². The Bertz CT molecular complexity index is 1840. The van der Waals surface area contributed by atoms with Crippen molar-refractivity contribution in [3.63, 3.8) is 0 Å². The number of aryl methyl sites for hydroxylation is 1. The van der Waals surface area contributed by atoms with Crippen LogP contribution in [-0.4, -0.2) is 65.8 Å². The van der Waals surface area contributed by atoms with Gasteiger partial charge >= 0.3 is 17.8 Å². The Morgan fingerprint density at radius 3 is 2.57 bits per heavy atom. The highest BCUT2D eigenvalue weighted by molar-refractivity contribution is 6.06. The number of imidazole rings is 1. The molecule has 3 aromatic heterocycles. The molecule has 0 amide bonds. The molecule has 1 aliphatic rings. The number of carbonyl (C=O) groups is 2. The number of carbonyl (C=O) groups excluding carboxylic acids is 1. The maximum atomic E-state index is 13.7. The molecule has 222 valence electrons. The van der Waals surface area contributed by atoms with Crippen LogP contribution in [0, 0.1) is 11.8 Å². The van der Waals surface area contributed by atoms with Crippen LogP contribution in [0.5, 0.6) is 0 Å². The van der Waals surface area contributed by atoms with E-state index in [1.54, 1.807) is 36.9 Å². The van der Waals surface area contributed by atoms with Gasteiger partial charge in [0.2, 0.25) is 5.95 Å². The molecule has 12 nitrogen and oxygen atoms in total. The minimum atomic E-state index is -5.08. The lowest BCUT2D eigenvalue weighted by Gasteiger charge is -2.31. The number of H-pyrrole nitrogens is 1. The van der Waals surface area contributed by atoms with Gasteiger partial charge in [-0.3, -0.25) is 23.3 Å². The Labute approximate surface area is 236 Å². The highest BCUT2D eigenvalue weighted by Crippen LogP contribution is 2.23. The largest absolute Gasteiger partial charge is 0.490 e. The summed E-state index contributed by atoms with van der Waals surface area (Å²) in [7, 11) is 1.56. The number of hydrogen-bond acceptors (Lipinski definition) is 7. The summed E-state index contributed by atoms with van der Waals surface area (Å²) >= 11 is 0. The molecule has 0 aliphatic carbocycles. The van der Waals surface area contributed by atoms with Gasteiger partial charge in [0.1, 0.15) is 0 Å². The molecule has 0 saturated carbocycles. The summed E-state index contributed by atoms with van der Waals surface area (Å²) in [4.78, 5) is 58.8. The third kappa shape index (κ3) is 5.93. The number of nitrogens with two attached hydrogens (primary N) is 1. The minimum Gasteiger partial charge on any atom is -0.475 e. The van der Waals surface area contributed by atoms with Gasteiger partial charge in [0, 0.05) is 43.3 Å². The van der Waals surface area contributed by atoms with Gasteiger partial charge in [-0.2, -0.15) is 18.2 Å². The quantitative estimate of drug-likeness (QED) is 0.236. The molecule has 4 N–H and O–H groups in total. The molecule has 1 atom stereocenters. The van der Waals surface area contributed by atoms with Gasteiger partial charge in [-0.15, -0.1) is 5.92 Å². The van der Waals surface area contributed by atoms with Crippen LogP contribution in [0.1, 0.15) is 30.1 Å². The van der Waals surface area contributed by atoms with Crippen LogP contribution in [0.25, 0.3) is 22.1 Å². The molecular weight excluding hydrogens is 559 g/mol. The predicted molar refractivity (Wildman–Crippen MR) is 148 cm³/mol. The van der Waals surface area contributed by atoms with Gasteiger partial charge in [0.25, 0.3) is 5.56 Å². The molecule has 0 radical (unpaired) electrons. The lowest BCUT2D eigenvalue weighted by Crippen LogP contribution is -2.44. The number of hydrogen-bond donors (Lipinski definition) is 3.